The van der Waals surface area contributed by atoms with E-state index in [2.05, 4.69) is 19.7 Å². The van der Waals surface area contributed by atoms with Crippen molar-refractivity contribution in [2.75, 3.05) is 79.3 Å². The van der Waals surface area contributed by atoms with Gasteiger partial charge in [-0.05, 0) is 225 Å². The molecule has 0 atom stereocenters. The van der Waals surface area contributed by atoms with Crippen molar-refractivity contribution >= 4 is 72.4 Å². The Labute approximate surface area is 834 Å². The molecule has 32 heteroatoms. The van der Waals surface area contributed by atoms with E-state index >= 15 is 19.2 Å². The lowest BCUT2D eigenvalue weighted by molar-refractivity contribution is -0.171. The molecule has 0 fully saturated rings. The molecule has 0 radical (unpaired) electrons. The Morgan fingerprint density at radius 1 is 0.277 bits per heavy atom. The molecule has 4 aromatic carbocycles. The second-order valence-corrected chi connectivity index (χ2v) is 43.8. The van der Waals surface area contributed by atoms with Gasteiger partial charge in [0.25, 0.3) is 0 Å². The Balaban J connectivity index is 2.12. The van der Waals surface area contributed by atoms with Gasteiger partial charge < -0.3 is 94.7 Å². The maximum atomic E-state index is 15.2. The largest absolute Gasteiger partial charge is 0.514 e. The topological polar surface area (TPSA) is 389 Å². The van der Waals surface area contributed by atoms with Crippen LogP contribution in [0.2, 0.25) is 0 Å². The van der Waals surface area contributed by atoms with Crippen molar-refractivity contribution in [1.82, 2.24) is 0 Å². The van der Waals surface area contributed by atoms with Crippen LogP contribution in [-0.2, 0) is 143 Å². The van der Waals surface area contributed by atoms with Crippen LogP contribution in [0.3, 0.4) is 0 Å². The molecule has 0 aliphatic carbocycles. The van der Waals surface area contributed by atoms with E-state index in [0.29, 0.717) is 66.8 Å². The summed E-state index contributed by atoms with van der Waals surface area (Å²) in [5, 5.41) is 0. The summed E-state index contributed by atoms with van der Waals surface area (Å²) in [6.07, 6.45) is -5.27. The Morgan fingerprint density at radius 3 is 0.638 bits per heavy atom. The Hall–Kier alpha value is -11.9. The monoisotopic (exact) mass is 1980 g/mol. The number of benzene rings is 4. The fourth-order valence-electron chi connectivity index (χ4n) is 13.7. The van der Waals surface area contributed by atoms with E-state index in [0.717, 1.165) is 0 Å². The zero-order valence-corrected chi connectivity index (χ0v) is 90.0. The van der Waals surface area contributed by atoms with Gasteiger partial charge in [0.1, 0.15) is 100 Å². The van der Waals surface area contributed by atoms with Crippen LogP contribution < -0.4 is 37.9 Å². The highest BCUT2D eigenvalue weighted by Gasteiger charge is 2.41. The van der Waals surface area contributed by atoms with Crippen LogP contribution in [0.15, 0.2) is 60.7 Å². The van der Waals surface area contributed by atoms with Crippen LogP contribution in [0.1, 0.15) is 319 Å². The van der Waals surface area contributed by atoms with E-state index in [1.54, 1.807) is 149 Å². The second kappa shape index (κ2) is 52.8. The van der Waals surface area contributed by atoms with Crippen LogP contribution >= 0.6 is 0 Å². The van der Waals surface area contributed by atoms with Gasteiger partial charge in [-0.25, -0.2) is 33.6 Å². The molecule has 0 saturated heterocycles. The SMILES string of the molecule is C=C(C)C(=O)OCCCOc1c(CCC(=O)OCC(COC(=O)CCc2cc(C(C)(C)C)c(OC(=O)OC(C)(C)C)c(C)c2OCCCOC(=O)C(=C)C)(COC(=O)CCc2cc(C(C)(C)C)c(OC(=O)OC(C)(C)C)c(C)c2OCCCOC(=O)C(=C)C)COC(=O)CCc2cc(C(C)(C)C)c(OC(=O)OC(C)(C)C)c(C)c2OCCCOC(=O)C(C)C)cc(C(C)(C)C)c(OC(=O)OC(C)(C)C)c1C. The summed E-state index contributed by atoms with van der Waals surface area (Å²) in [5.41, 5.74) is -2.92. The fourth-order valence-corrected chi connectivity index (χ4v) is 13.7. The third-order valence-electron chi connectivity index (χ3n) is 20.8. The number of carbonyl (C=O) groups is 12. The average molecular weight is 1980 g/mol. The first-order chi connectivity index (χ1) is 64.8. The molecule has 4 rings (SSSR count). The van der Waals surface area contributed by atoms with E-state index in [9.17, 15) is 38.4 Å². The van der Waals surface area contributed by atoms with E-state index in [1.165, 1.54) is 20.8 Å². The molecule has 0 saturated carbocycles. The standard InChI is InChI=1S/C109H158O32/c1-65(2)93(114)126-53-37-49-122-85-69(9)89(134-97(118)138-105(25,26)27)77(101(13,14)15)57-73(85)41-45-81(110)130-61-109(62-131-82(111)46-42-74-58-78(102(16,17)18)90(135-98(119)139-106(28,29)30)70(10)86(74)123-50-38-54-127-94(115)66(3)4,63-132-83(112)47-43-75-59-79(103(19,20)21)91(136-99(120)140-107(31,32)33)71(11)87(75)124-51-39-55-128-95(116)67(5)6)64-133-84(113)48-44-76-60-80(104(22,23)24)92(137-100(121)141-108(34,35)36)72(12)88(76)125-52-40-56-129-96(117)68(7)8/h57-60,68H,1,3,5,37-56,61-64H2,2,4,6-36H3. The van der Waals surface area contributed by atoms with E-state index in [4.69, 9.17) is 94.7 Å². The number of carbonyl (C=O) groups excluding carboxylic acids is 12. The summed E-state index contributed by atoms with van der Waals surface area (Å²) >= 11 is 0. The maximum Gasteiger partial charge on any atom is 0.514 e. The van der Waals surface area contributed by atoms with Crippen LogP contribution in [0.5, 0.6) is 46.0 Å². The second-order valence-electron chi connectivity index (χ2n) is 43.8. The molecule has 0 N–H and O–H groups in total. The number of hydrogen-bond acceptors (Lipinski definition) is 32. The molecule has 0 aromatic heterocycles. The van der Waals surface area contributed by atoms with Crippen LogP contribution in [0.25, 0.3) is 0 Å². The molecule has 0 unspecified atom stereocenters. The molecule has 4 aromatic rings. The fraction of sp³-hybridized carbons (Fsp3) is 0.615. The number of rotatable bonds is 48. The molecule has 0 amide bonds. The summed E-state index contributed by atoms with van der Waals surface area (Å²) in [5.74, 6) is -4.77. The minimum atomic E-state index is -2.02. The first kappa shape index (κ1) is 121. The van der Waals surface area contributed by atoms with Crippen molar-refractivity contribution in [3.63, 3.8) is 0 Å². The van der Waals surface area contributed by atoms with E-state index in [1.807, 2.05) is 83.1 Å². The zero-order valence-electron chi connectivity index (χ0n) is 90.0. The van der Waals surface area contributed by atoms with Crippen LogP contribution in [0.4, 0.5) is 19.2 Å². The molecule has 141 heavy (non-hydrogen) atoms. The smallest absolute Gasteiger partial charge is 0.493 e. The number of esters is 8. The third-order valence-corrected chi connectivity index (χ3v) is 20.8. The van der Waals surface area contributed by atoms with Gasteiger partial charge in [0.2, 0.25) is 0 Å². The molecule has 0 spiro atoms. The van der Waals surface area contributed by atoms with Crippen molar-refractivity contribution in [2.45, 2.75) is 350 Å². The summed E-state index contributed by atoms with van der Waals surface area (Å²) in [4.78, 5) is 165. The van der Waals surface area contributed by atoms with Crippen molar-refractivity contribution in [3.05, 3.63) is 127 Å². The molecule has 0 bridgehead atoms. The first-order valence-electron chi connectivity index (χ1n) is 47.9. The Morgan fingerprint density at radius 2 is 0.468 bits per heavy atom. The molecule has 786 valence electrons. The van der Waals surface area contributed by atoms with Crippen LogP contribution in [-0.4, -0.2) is 174 Å². The van der Waals surface area contributed by atoms with Gasteiger partial charge in [-0.3, -0.25) is 24.0 Å². The normalized spacial score (nSPS) is 12.0. The quantitative estimate of drug-likeness (QED) is 0.0130. The Bertz CT molecular complexity index is 4710. The predicted octanol–water partition coefficient (Wildman–Crippen LogP) is 22.0. The van der Waals surface area contributed by atoms with E-state index < -0.39 is 180 Å². The summed E-state index contributed by atoms with van der Waals surface area (Å²) in [6.45, 7) is 65.2. The first-order valence-corrected chi connectivity index (χ1v) is 47.9. The molecule has 0 aliphatic heterocycles. The maximum absolute atomic E-state index is 15.2. The third kappa shape index (κ3) is 42.1. The molecular formula is C109H158O32. The minimum absolute atomic E-state index is 0.000456. The van der Waals surface area contributed by atoms with Gasteiger partial charge >= 0.3 is 72.4 Å². The molecule has 0 aliphatic rings. The summed E-state index contributed by atoms with van der Waals surface area (Å²) < 4.78 is 120. The number of aryl methyl sites for hydroxylation is 4. The predicted molar refractivity (Wildman–Crippen MR) is 530 cm³/mol. The average Bonchev–Trinajstić information content (AvgIpc) is 0.787. The highest BCUT2D eigenvalue weighted by Crippen LogP contribution is 2.48. The van der Waals surface area contributed by atoms with Crippen molar-refractivity contribution in [3.8, 4) is 46.0 Å². The lowest BCUT2D eigenvalue weighted by Crippen LogP contribution is -2.44. The van der Waals surface area contributed by atoms with Gasteiger partial charge in [-0.1, -0.05) is 117 Å². The summed E-state index contributed by atoms with van der Waals surface area (Å²) in [7, 11) is 0. The lowest BCUT2D eigenvalue weighted by Gasteiger charge is -2.32. The number of ether oxygens (including phenoxy) is 20. The van der Waals surface area contributed by atoms with E-state index in [-0.39, 0.29) is 167 Å². The zero-order chi connectivity index (χ0) is 107. The van der Waals surface area contributed by atoms with Crippen molar-refractivity contribution < 1.29 is 152 Å². The molecule has 32 nitrogen and oxygen atoms in total. The number of hydrogen-bond donors (Lipinski definition) is 0. The highest BCUT2D eigenvalue weighted by atomic mass is 16.8. The Kier molecular flexibility index (Phi) is 45.4. The van der Waals surface area contributed by atoms with Gasteiger partial charge in [-0.15, -0.1) is 0 Å². The van der Waals surface area contributed by atoms with Crippen molar-refractivity contribution in [1.29, 1.82) is 0 Å². The highest BCUT2D eigenvalue weighted by molar-refractivity contribution is 5.88. The summed E-state index contributed by atoms with van der Waals surface area (Å²) in [6, 6.07) is 6.98. The van der Waals surface area contributed by atoms with Gasteiger partial charge in [0.15, 0.2) is 0 Å². The van der Waals surface area contributed by atoms with Gasteiger partial charge in [-0.2, -0.15) is 0 Å². The van der Waals surface area contributed by atoms with Gasteiger partial charge in [0, 0.05) is 113 Å². The van der Waals surface area contributed by atoms with Gasteiger partial charge in [0.05, 0.1) is 58.8 Å². The lowest BCUT2D eigenvalue weighted by atomic mass is 9.83. The molecular weight excluding hydrogens is 1820 g/mol. The minimum Gasteiger partial charge on any atom is -0.493 e. The molecule has 0 heterocycles. The van der Waals surface area contributed by atoms with Crippen molar-refractivity contribution in [2.24, 2.45) is 11.3 Å². The van der Waals surface area contributed by atoms with Crippen LogP contribution in [0, 0.1) is 39.0 Å².